The zero-order chi connectivity index (χ0) is 10.4. The van der Waals surface area contributed by atoms with E-state index in [4.69, 9.17) is 0 Å². The molecule has 1 aliphatic carbocycles. The van der Waals surface area contributed by atoms with Gasteiger partial charge in [0.05, 0.1) is 0 Å². The molecule has 1 saturated carbocycles. The molecule has 0 aliphatic heterocycles. The van der Waals surface area contributed by atoms with Gasteiger partial charge in [0.15, 0.2) is 0 Å². The Morgan fingerprint density at radius 1 is 0.929 bits per heavy atom. The molecule has 0 N–H and O–H groups in total. The molecule has 0 nitrogen and oxygen atoms in total. The van der Waals surface area contributed by atoms with Crippen LogP contribution in [0.5, 0.6) is 0 Å². The number of hydrogen-bond donors (Lipinski definition) is 0. The fraction of sp³-hybridized carbons (Fsp3) is 1.00. The van der Waals surface area contributed by atoms with Crippen molar-refractivity contribution in [2.75, 3.05) is 0 Å². The van der Waals surface area contributed by atoms with Crippen molar-refractivity contribution in [3.8, 4) is 0 Å². The summed E-state index contributed by atoms with van der Waals surface area (Å²) in [5.41, 5.74) is 0. The normalized spacial score (nSPS) is 34.1. The summed E-state index contributed by atoms with van der Waals surface area (Å²) in [6.45, 7) is 7.20. The Morgan fingerprint density at radius 3 is 2.00 bits per heavy atom. The van der Waals surface area contributed by atoms with Crippen molar-refractivity contribution in [3.05, 3.63) is 0 Å². The topological polar surface area (TPSA) is 0 Å². The average molecular weight is 196 g/mol. The Kier molecular flexibility index (Phi) is 5.59. The highest BCUT2D eigenvalue weighted by Crippen LogP contribution is 2.33. The highest BCUT2D eigenvalue weighted by molar-refractivity contribution is 4.72. The SMILES string of the molecule is CCCCCC1CC(C)CCC(C)C1. The molecule has 84 valence electrons. The Bertz CT molecular complexity index is 127. The Labute approximate surface area is 90.5 Å². The van der Waals surface area contributed by atoms with Gasteiger partial charge in [-0.3, -0.25) is 0 Å². The van der Waals surface area contributed by atoms with Crippen molar-refractivity contribution in [3.63, 3.8) is 0 Å². The van der Waals surface area contributed by atoms with E-state index in [1.165, 1.54) is 51.4 Å². The first-order valence-electron chi connectivity index (χ1n) is 6.72. The van der Waals surface area contributed by atoms with Crippen molar-refractivity contribution in [2.24, 2.45) is 17.8 Å². The van der Waals surface area contributed by atoms with Crippen molar-refractivity contribution in [1.82, 2.24) is 0 Å². The van der Waals surface area contributed by atoms with Crippen LogP contribution in [0.1, 0.15) is 72.1 Å². The lowest BCUT2D eigenvalue weighted by Crippen LogP contribution is -2.05. The van der Waals surface area contributed by atoms with E-state index < -0.39 is 0 Å². The summed E-state index contributed by atoms with van der Waals surface area (Å²) in [4.78, 5) is 0. The third-order valence-electron chi connectivity index (χ3n) is 3.84. The average Bonchev–Trinajstić information content (AvgIpc) is 2.29. The summed E-state index contributed by atoms with van der Waals surface area (Å²) < 4.78 is 0. The van der Waals surface area contributed by atoms with Crippen molar-refractivity contribution >= 4 is 0 Å². The molecule has 0 aromatic heterocycles. The van der Waals surface area contributed by atoms with E-state index in [0.717, 1.165) is 17.8 Å². The van der Waals surface area contributed by atoms with E-state index in [1.54, 1.807) is 0 Å². The number of unbranched alkanes of at least 4 members (excludes halogenated alkanes) is 2. The minimum absolute atomic E-state index is 0.992. The van der Waals surface area contributed by atoms with Gasteiger partial charge < -0.3 is 0 Å². The van der Waals surface area contributed by atoms with Gasteiger partial charge in [0.1, 0.15) is 0 Å². The maximum atomic E-state index is 2.45. The van der Waals surface area contributed by atoms with Crippen LogP contribution in [0.25, 0.3) is 0 Å². The molecule has 0 radical (unpaired) electrons. The lowest BCUT2D eigenvalue weighted by molar-refractivity contribution is 0.342. The van der Waals surface area contributed by atoms with Crippen LogP contribution in [-0.4, -0.2) is 0 Å². The van der Waals surface area contributed by atoms with Crippen LogP contribution in [0.15, 0.2) is 0 Å². The molecule has 0 heterocycles. The molecule has 1 aliphatic rings. The fourth-order valence-corrected chi connectivity index (χ4v) is 2.96. The summed E-state index contributed by atoms with van der Waals surface area (Å²) in [6.07, 6.45) is 11.8. The number of rotatable bonds is 4. The first-order chi connectivity index (χ1) is 6.72. The minimum atomic E-state index is 0.992. The fourth-order valence-electron chi connectivity index (χ4n) is 2.96. The van der Waals surface area contributed by atoms with Crippen LogP contribution in [0.3, 0.4) is 0 Å². The number of hydrogen-bond acceptors (Lipinski definition) is 0. The van der Waals surface area contributed by atoms with Crippen LogP contribution < -0.4 is 0 Å². The second-order valence-electron chi connectivity index (χ2n) is 5.62. The van der Waals surface area contributed by atoms with Gasteiger partial charge in [-0.2, -0.15) is 0 Å². The summed E-state index contributed by atoms with van der Waals surface area (Å²) in [6, 6.07) is 0. The standard InChI is InChI=1S/C14H28/c1-4-5-6-7-14-10-12(2)8-9-13(3)11-14/h12-14H,4-11H2,1-3H3. The molecule has 2 unspecified atom stereocenters. The second kappa shape index (κ2) is 6.48. The van der Waals surface area contributed by atoms with Crippen LogP contribution in [0, 0.1) is 17.8 Å². The van der Waals surface area contributed by atoms with Crippen LogP contribution in [0.4, 0.5) is 0 Å². The molecule has 2 atom stereocenters. The Balaban J connectivity index is 2.26. The van der Waals surface area contributed by atoms with Gasteiger partial charge in [0, 0.05) is 0 Å². The maximum Gasteiger partial charge on any atom is -0.0409 e. The van der Waals surface area contributed by atoms with Gasteiger partial charge in [-0.25, -0.2) is 0 Å². The van der Waals surface area contributed by atoms with Gasteiger partial charge in [0.2, 0.25) is 0 Å². The van der Waals surface area contributed by atoms with E-state index in [-0.39, 0.29) is 0 Å². The maximum absolute atomic E-state index is 2.45. The van der Waals surface area contributed by atoms with Crippen LogP contribution >= 0.6 is 0 Å². The Hall–Kier alpha value is 0. The molecule has 0 amide bonds. The molecule has 0 saturated heterocycles. The molecular formula is C14H28. The van der Waals surface area contributed by atoms with Crippen LogP contribution in [0.2, 0.25) is 0 Å². The molecule has 0 aromatic carbocycles. The predicted octanol–water partition coefficient (Wildman–Crippen LogP) is 5.03. The van der Waals surface area contributed by atoms with Gasteiger partial charge in [-0.1, -0.05) is 59.3 Å². The van der Waals surface area contributed by atoms with E-state index in [2.05, 4.69) is 20.8 Å². The minimum Gasteiger partial charge on any atom is -0.0654 e. The third-order valence-corrected chi connectivity index (χ3v) is 3.84. The molecular weight excluding hydrogens is 168 g/mol. The smallest absolute Gasteiger partial charge is 0.0409 e. The molecule has 14 heavy (non-hydrogen) atoms. The first-order valence-corrected chi connectivity index (χ1v) is 6.72. The lowest BCUT2D eigenvalue weighted by Gasteiger charge is -2.18. The van der Waals surface area contributed by atoms with E-state index in [0.29, 0.717) is 0 Å². The molecule has 1 rings (SSSR count). The zero-order valence-electron chi connectivity index (χ0n) is 10.4. The van der Waals surface area contributed by atoms with Gasteiger partial charge >= 0.3 is 0 Å². The summed E-state index contributed by atoms with van der Waals surface area (Å²) >= 11 is 0. The highest BCUT2D eigenvalue weighted by Gasteiger charge is 2.20. The molecule has 0 aromatic rings. The Morgan fingerprint density at radius 2 is 1.50 bits per heavy atom. The molecule has 0 heteroatoms. The van der Waals surface area contributed by atoms with E-state index in [9.17, 15) is 0 Å². The monoisotopic (exact) mass is 196 g/mol. The van der Waals surface area contributed by atoms with Gasteiger partial charge in [-0.05, 0) is 30.6 Å². The van der Waals surface area contributed by atoms with Crippen LogP contribution in [-0.2, 0) is 0 Å². The van der Waals surface area contributed by atoms with Gasteiger partial charge in [0.25, 0.3) is 0 Å². The summed E-state index contributed by atoms with van der Waals surface area (Å²) in [5, 5.41) is 0. The van der Waals surface area contributed by atoms with Crippen molar-refractivity contribution in [2.45, 2.75) is 72.1 Å². The largest absolute Gasteiger partial charge is 0.0654 e. The molecule has 0 spiro atoms. The van der Waals surface area contributed by atoms with E-state index in [1.807, 2.05) is 0 Å². The summed E-state index contributed by atoms with van der Waals surface area (Å²) in [7, 11) is 0. The third kappa shape index (κ3) is 4.48. The van der Waals surface area contributed by atoms with Crippen molar-refractivity contribution < 1.29 is 0 Å². The second-order valence-corrected chi connectivity index (χ2v) is 5.62. The predicted molar refractivity (Wildman–Crippen MR) is 64.4 cm³/mol. The highest BCUT2D eigenvalue weighted by atomic mass is 14.3. The molecule has 1 fully saturated rings. The lowest BCUT2D eigenvalue weighted by atomic mass is 9.88. The molecule has 0 bridgehead atoms. The van der Waals surface area contributed by atoms with Crippen molar-refractivity contribution in [1.29, 1.82) is 0 Å². The quantitative estimate of drug-likeness (QED) is 0.437. The summed E-state index contributed by atoms with van der Waals surface area (Å²) in [5.74, 6) is 3.03. The van der Waals surface area contributed by atoms with E-state index >= 15 is 0 Å². The first kappa shape index (κ1) is 12.1. The zero-order valence-corrected chi connectivity index (χ0v) is 10.4. The van der Waals surface area contributed by atoms with Gasteiger partial charge in [-0.15, -0.1) is 0 Å².